The van der Waals surface area contributed by atoms with Crippen LogP contribution >= 0.6 is 0 Å². The van der Waals surface area contributed by atoms with Crippen molar-refractivity contribution in [1.29, 1.82) is 0 Å². The number of nitro groups is 1. The molecule has 0 aliphatic carbocycles. The van der Waals surface area contributed by atoms with Crippen LogP contribution in [0.5, 0.6) is 0 Å². The van der Waals surface area contributed by atoms with Gasteiger partial charge in [-0.25, -0.2) is 0 Å². The number of tetrazole rings is 1. The molecule has 1 aliphatic rings. The summed E-state index contributed by atoms with van der Waals surface area (Å²) < 4.78 is 0. The third-order valence-corrected chi connectivity index (χ3v) is 3.99. The lowest BCUT2D eigenvalue weighted by molar-refractivity contribution is -0.384. The maximum Gasteiger partial charge on any atom is 0.270 e. The van der Waals surface area contributed by atoms with Crippen molar-refractivity contribution in [3.8, 4) is 11.4 Å². The molecule has 0 amide bonds. The average Bonchev–Trinajstić information content (AvgIpc) is 2.99. The molecule has 1 aliphatic heterocycles. The van der Waals surface area contributed by atoms with E-state index < -0.39 is 4.92 Å². The molecule has 8 heteroatoms. The number of piperidine rings is 1. The van der Waals surface area contributed by atoms with Gasteiger partial charge in [-0.2, -0.15) is 5.21 Å². The minimum Gasteiger partial charge on any atom is -0.370 e. The van der Waals surface area contributed by atoms with Gasteiger partial charge < -0.3 is 4.90 Å². The van der Waals surface area contributed by atoms with Gasteiger partial charge in [0.05, 0.1) is 10.5 Å². The molecule has 1 saturated heterocycles. The van der Waals surface area contributed by atoms with E-state index in [2.05, 4.69) is 39.4 Å². The number of aromatic nitrogens is 4. The molecule has 22 heavy (non-hydrogen) atoms. The fourth-order valence-electron chi connectivity index (χ4n) is 3.23. The third-order valence-electron chi connectivity index (χ3n) is 3.99. The van der Waals surface area contributed by atoms with Crippen molar-refractivity contribution in [1.82, 2.24) is 20.6 Å². The van der Waals surface area contributed by atoms with E-state index in [1.807, 2.05) is 0 Å². The first-order valence-corrected chi connectivity index (χ1v) is 7.31. The summed E-state index contributed by atoms with van der Waals surface area (Å²) in [5.41, 5.74) is 1.59. The van der Waals surface area contributed by atoms with Crippen LogP contribution in [-0.2, 0) is 0 Å². The second kappa shape index (κ2) is 5.70. The number of non-ortho nitro benzene ring substituents is 1. The molecule has 0 saturated carbocycles. The summed E-state index contributed by atoms with van der Waals surface area (Å²) in [6.07, 6.45) is 1.20. The normalized spacial score (nSPS) is 21.8. The van der Waals surface area contributed by atoms with Crippen LogP contribution < -0.4 is 4.90 Å². The Balaban J connectivity index is 2.05. The molecule has 116 valence electrons. The fraction of sp³-hybridized carbons (Fsp3) is 0.500. The minimum absolute atomic E-state index is 0.0293. The molecule has 1 aromatic carbocycles. The molecular weight excluding hydrogens is 284 g/mol. The van der Waals surface area contributed by atoms with E-state index in [1.165, 1.54) is 18.6 Å². The summed E-state index contributed by atoms with van der Waals surface area (Å²) >= 11 is 0. The Kier molecular flexibility index (Phi) is 3.74. The monoisotopic (exact) mass is 302 g/mol. The van der Waals surface area contributed by atoms with Gasteiger partial charge in [-0.3, -0.25) is 10.1 Å². The number of anilines is 1. The quantitative estimate of drug-likeness (QED) is 0.689. The van der Waals surface area contributed by atoms with Crippen molar-refractivity contribution in [2.75, 3.05) is 18.0 Å². The molecule has 2 heterocycles. The van der Waals surface area contributed by atoms with Crippen molar-refractivity contribution >= 4 is 11.4 Å². The highest BCUT2D eigenvalue weighted by Crippen LogP contribution is 2.35. The van der Waals surface area contributed by atoms with Gasteiger partial charge in [0.2, 0.25) is 5.82 Å². The number of rotatable bonds is 3. The Morgan fingerprint density at radius 2 is 2.05 bits per heavy atom. The largest absolute Gasteiger partial charge is 0.370 e. The van der Waals surface area contributed by atoms with E-state index in [9.17, 15) is 10.1 Å². The Morgan fingerprint density at radius 1 is 1.32 bits per heavy atom. The lowest BCUT2D eigenvalue weighted by Gasteiger charge is -2.37. The van der Waals surface area contributed by atoms with E-state index in [4.69, 9.17) is 0 Å². The van der Waals surface area contributed by atoms with E-state index >= 15 is 0 Å². The summed E-state index contributed by atoms with van der Waals surface area (Å²) in [6.45, 7) is 6.30. The third kappa shape index (κ3) is 2.76. The molecule has 0 unspecified atom stereocenters. The van der Waals surface area contributed by atoms with Gasteiger partial charge in [-0.1, -0.05) is 13.8 Å². The second-order valence-electron chi connectivity index (χ2n) is 6.05. The number of hydrogen-bond donors (Lipinski definition) is 1. The predicted octanol–water partition coefficient (Wildman–Crippen LogP) is 2.26. The van der Waals surface area contributed by atoms with Gasteiger partial charge in [0, 0.05) is 30.9 Å². The highest BCUT2D eigenvalue weighted by molar-refractivity contribution is 5.76. The summed E-state index contributed by atoms with van der Waals surface area (Å²) in [7, 11) is 0. The first-order chi connectivity index (χ1) is 10.5. The zero-order valence-corrected chi connectivity index (χ0v) is 12.6. The fourth-order valence-corrected chi connectivity index (χ4v) is 3.23. The van der Waals surface area contributed by atoms with Gasteiger partial charge in [-0.05, 0) is 29.5 Å². The lowest BCUT2D eigenvalue weighted by atomic mass is 9.91. The summed E-state index contributed by atoms with van der Waals surface area (Å²) in [5, 5.41) is 25.0. The number of aromatic amines is 1. The highest BCUT2D eigenvalue weighted by atomic mass is 16.6. The molecule has 1 fully saturated rings. The van der Waals surface area contributed by atoms with Gasteiger partial charge >= 0.3 is 0 Å². The van der Waals surface area contributed by atoms with Crippen molar-refractivity contribution < 1.29 is 4.92 Å². The van der Waals surface area contributed by atoms with Crippen LogP contribution in [0, 0.1) is 22.0 Å². The summed E-state index contributed by atoms with van der Waals surface area (Å²) in [6, 6.07) is 4.83. The first kappa shape index (κ1) is 14.4. The number of nitrogens with zero attached hydrogens (tertiary/aromatic N) is 5. The second-order valence-corrected chi connectivity index (χ2v) is 6.05. The number of nitrogens with one attached hydrogen (secondary N) is 1. The molecular formula is C14H18N6O2. The molecule has 1 aromatic heterocycles. The van der Waals surface area contributed by atoms with Crippen molar-refractivity contribution in [2.45, 2.75) is 20.3 Å². The highest BCUT2D eigenvalue weighted by Gasteiger charge is 2.26. The van der Waals surface area contributed by atoms with Crippen molar-refractivity contribution in [3.05, 3.63) is 28.3 Å². The van der Waals surface area contributed by atoms with E-state index in [0.717, 1.165) is 18.8 Å². The molecule has 0 radical (unpaired) electrons. The Hall–Kier alpha value is -2.51. The van der Waals surface area contributed by atoms with Crippen LogP contribution in [-0.4, -0.2) is 38.6 Å². The Labute approximate surface area is 127 Å². The van der Waals surface area contributed by atoms with Crippen molar-refractivity contribution in [3.63, 3.8) is 0 Å². The van der Waals surface area contributed by atoms with Gasteiger partial charge in [0.1, 0.15) is 0 Å². The summed E-state index contributed by atoms with van der Waals surface area (Å²) in [5.74, 6) is 1.54. The van der Waals surface area contributed by atoms with E-state index in [-0.39, 0.29) is 5.69 Å². The number of hydrogen-bond acceptors (Lipinski definition) is 6. The van der Waals surface area contributed by atoms with E-state index in [0.29, 0.717) is 23.2 Å². The minimum atomic E-state index is -0.408. The average molecular weight is 302 g/mol. The molecule has 8 nitrogen and oxygen atoms in total. The van der Waals surface area contributed by atoms with Crippen LogP contribution in [0.4, 0.5) is 11.4 Å². The molecule has 2 atom stereocenters. The number of benzene rings is 1. The smallest absolute Gasteiger partial charge is 0.270 e. The zero-order valence-electron chi connectivity index (χ0n) is 12.6. The zero-order chi connectivity index (χ0) is 15.7. The maximum atomic E-state index is 11.0. The topological polar surface area (TPSA) is 101 Å². The van der Waals surface area contributed by atoms with Gasteiger partial charge in [-0.15, -0.1) is 10.2 Å². The van der Waals surface area contributed by atoms with Gasteiger partial charge in [0.15, 0.2) is 0 Å². The Morgan fingerprint density at radius 3 is 2.64 bits per heavy atom. The Bertz CT molecular complexity index is 662. The predicted molar refractivity (Wildman–Crippen MR) is 81.4 cm³/mol. The van der Waals surface area contributed by atoms with Crippen LogP contribution in [0.1, 0.15) is 20.3 Å². The van der Waals surface area contributed by atoms with Gasteiger partial charge in [0.25, 0.3) is 5.69 Å². The SMILES string of the molecule is C[C@H]1C[C@H](C)CN(c2ccc([N+](=O)[O-])cc2-c2nn[nH]n2)C1. The number of nitro benzene ring substituents is 1. The van der Waals surface area contributed by atoms with E-state index in [1.54, 1.807) is 6.07 Å². The summed E-state index contributed by atoms with van der Waals surface area (Å²) in [4.78, 5) is 12.9. The maximum absolute atomic E-state index is 11.0. The molecule has 3 rings (SSSR count). The lowest BCUT2D eigenvalue weighted by Crippen LogP contribution is -2.39. The number of H-pyrrole nitrogens is 1. The van der Waals surface area contributed by atoms with Crippen LogP contribution in [0.2, 0.25) is 0 Å². The van der Waals surface area contributed by atoms with Crippen LogP contribution in [0.15, 0.2) is 18.2 Å². The van der Waals surface area contributed by atoms with Crippen LogP contribution in [0.3, 0.4) is 0 Å². The van der Waals surface area contributed by atoms with Crippen LogP contribution in [0.25, 0.3) is 11.4 Å². The molecule has 0 bridgehead atoms. The van der Waals surface area contributed by atoms with Crippen molar-refractivity contribution in [2.24, 2.45) is 11.8 Å². The molecule has 0 spiro atoms. The first-order valence-electron chi connectivity index (χ1n) is 7.31. The molecule has 1 N–H and O–H groups in total. The standard InChI is InChI=1S/C14H18N6O2/c1-9-5-10(2)8-19(7-9)13-4-3-11(20(21)22)6-12(13)14-15-17-18-16-14/h3-4,6,9-10H,5,7-8H2,1-2H3,(H,15,16,17,18)/t9-,10-/m0/s1. The molecule has 2 aromatic rings.